The molecular formula is C26H26N4O2S. The molecule has 0 atom stereocenters. The van der Waals surface area contributed by atoms with Gasteiger partial charge in [0.2, 0.25) is 0 Å². The van der Waals surface area contributed by atoms with Crippen LogP contribution in [0.25, 0.3) is 10.2 Å². The molecule has 0 radical (unpaired) electrons. The van der Waals surface area contributed by atoms with Gasteiger partial charge >= 0.3 is 0 Å². The Balaban J connectivity index is 1.37. The van der Waals surface area contributed by atoms with Crippen LogP contribution in [0.5, 0.6) is 0 Å². The maximum absolute atomic E-state index is 13.1. The highest BCUT2D eigenvalue weighted by molar-refractivity contribution is 7.20. The maximum Gasteiger partial charge on any atom is 0.266 e. The Morgan fingerprint density at radius 2 is 1.76 bits per heavy atom. The minimum atomic E-state index is -0.213. The van der Waals surface area contributed by atoms with Crippen molar-refractivity contribution >= 4 is 38.8 Å². The number of thiophene rings is 1. The molecule has 0 unspecified atom stereocenters. The van der Waals surface area contributed by atoms with Crippen LogP contribution in [0.3, 0.4) is 0 Å². The third-order valence-electron chi connectivity index (χ3n) is 6.17. The molecule has 1 N–H and O–H groups in total. The van der Waals surface area contributed by atoms with E-state index in [-0.39, 0.29) is 11.5 Å². The highest BCUT2D eigenvalue weighted by atomic mass is 32.1. The van der Waals surface area contributed by atoms with Gasteiger partial charge in [0.1, 0.15) is 4.83 Å². The second kappa shape index (κ2) is 9.19. The molecule has 4 aromatic rings. The quantitative estimate of drug-likeness (QED) is 0.454. The van der Waals surface area contributed by atoms with Gasteiger partial charge in [-0.2, -0.15) is 0 Å². The molecular weight excluding hydrogens is 432 g/mol. The number of aromatic nitrogens is 2. The molecule has 7 heteroatoms. The smallest absolute Gasteiger partial charge is 0.266 e. The van der Waals surface area contributed by atoms with Crippen LogP contribution in [0, 0.1) is 6.92 Å². The lowest BCUT2D eigenvalue weighted by molar-refractivity contribution is 0.103. The van der Waals surface area contributed by atoms with Gasteiger partial charge in [-0.15, -0.1) is 11.3 Å². The van der Waals surface area contributed by atoms with Crippen LogP contribution in [-0.4, -0.2) is 28.5 Å². The third kappa shape index (κ3) is 4.41. The van der Waals surface area contributed by atoms with Gasteiger partial charge in [0.25, 0.3) is 11.5 Å². The summed E-state index contributed by atoms with van der Waals surface area (Å²) < 4.78 is 1.60. The first-order valence-corrected chi connectivity index (χ1v) is 12.1. The fraction of sp³-hybridized carbons (Fsp3) is 0.269. The number of nitrogens with one attached hydrogen (secondary N) is 1. The van der Waals surface area contributed by atoms with Crippen LogP contribution in [0.4, 0.5) is 11.4 Å². The van der Waals surface area contributed by atoms with Crippen LogP contribution >= 0.6 is 11.3 Å². The van der Waals surface area contributed by atoms with Crippen LogP contribution in [0.2, 0.25) is 0 Å². The van der Waals surface area contributed by atoms with Crippen LogP contribution in [0.15, 0.2) is 65.7 Å². The predicted molar refractivity (Wildman–Crippen MR) is 135 cm³/mol. The summed E-state index contributed by atoms with van der Waals surface area (Å²) in [5.41, 5.74) is 3.51. The van der Waals surface area contributed by atoms with E-state index in [0.717, 1.165) is 24.3 Å². The molecule has 0 bridgehead atoms. The van der Waals surface area contributed by atoms with Gasteiger partial charge in [-0.1, -0.05) is 30.3 Å². The van der Waals surface area contributed by atoms with Crippen LogP contribution in [0.1, 0.15) is 40.1 Å². The van der Waals surface area contributed by atoms with Gasteiger partial charge in [0.15, 0.2) is 0 Å². The monoisotopic (exact) mass is 458 g/mol. The first-order chi connectivity index (χ1) is 16.1. The maximum atomic E-state index is 13.1. The van der Waals surface area contributed by atoms with Gasteiger partial charge in [-0.05, 0) is 61.6 Å². The highest BCUT2D eigenvalue weighted by Gasteiger charge is 2.20. The van der Waals surface area contributed by atoms with Gasteiger partial charge < -0.3 is 10.2 Å². The van der Waals surface area contributed by atoms with Gasteiger partial charge in [0, 0.05) is 24.5 Å². The Kier molecular flexibility index (Phi) is 5.96. The van der Waals surface area contributed by atoms with E-state index in [1.807, 2.05) is 49.4 Å². The molecule has 2 aromatic heterocycles. The molecule has 1 saturated heterocycles. The Bertz CT molecular complexity index is 1340. The Hall–Kier alpha value is -3.45. The van der Waals surface area contributed by atoms with Crippen molar-refractivity contribution in [1.82, 2.24) is 9.55 Å². The lowest BCUT2D eigenvalue weighted by Gasteiger charge is -2.28. The summed E-state index contributed by atoms with van der Waals surface area (Å²) in [6, 6.07) is 17.8. The molecule has 1 amide bonds. The van der Waals surface area contributed by atoms with Crippen molar-refractivity contribution in [2.45, 2.75) is 32.7 Å². The van der Waals surface area contributed by atoms with Gasteiger partial charge in [0.05, 0.1) is 23.1 Å². The lowest BCUT2D eigenvalue weighted by Crippen LogP contribution is -2.29. The molecule has 1 aliphatic rings. The minimum absolute atomic E-state index is 0.123. The average Bonchev–Trinajstić information content (AvgIpc) is 3.20. The number of fused-ring (bicyclic) bond motifs is 1. The first kappa shape index (κ1) is 21.4. The number of amides is 1. The number of piperidine rings is 1. The lowest BCUT2D eigenvalue weighted by atomic mass is 10.1. The Morgan fingerprint density at radius 1 is 1.03 bits per heavy atom. The second-order valence-corrected chi connectivity index (χ2v) is 9.45. The number of anilines is 2. The van der Waals surface area contributed by atoms with Gasteiger partial charge in [-0.25, -0.2) is 4.98 Å². The van der Waals surface area contributed by atoms with Gasteiger partial charge in [-0.3, -0.25) is 14.2 Å². The molecule has 33 heavy (non-hydrogen) atoms. The van der Waals surface area contributed by atoms with Crippen molar-refractivity contribution in [3.8, 4) is 0 Å². The van der Waals surface area contributed by atoms with Crippen LogP contribution in [-0.2, 0) is 6.54 Å². The van der Waals surface area contributed by atoms with E-state index >= 15 is 0 Å². The number of hydrogen-bond donors (Lipinski definition) is 1. The zero-order chi connectivity index (χ0) is 22.8. The van der Waals surface area contributed by atoms with Crippen molar-refractivity contribution in [3.05, 3.63) is 87.3 Å². The fourth-order valence-corrected chi connectivity index (χ4v) is 5.40. The van der Waals surface area contributed by atoms with E-state index in [1.165, 1.54) is 36.3 Å². The second-order valence-electron chi connectivity index (χ2n) is 8.45. The summed E-state index contributed by atoms with van der Waals surface area (Å²) in [5, 5.41) is 3.50. The number of carbonyl (C=O) groups excluding carboxylic acids is 1. The number of benzene rings is 2. The van der Waals surface area contributed by atoms with E-state index in [2.05, 4.69) is 27.3 Å². The minimum Gasteiger partial charge on any atom is -0.372 e. The standard InChI is InChI=1S/C26H26N4O2S/c1-18-22-25(27-17-30(26(22)32)16-19-8-4-2-5-9-19)33-23(18)24(31)28-20-10-12-21(13-11-20)29-14-6-3-7-15-29/h2,4-5,8-13,17H,3,6-7,14-16H2,1H3,(H,28,31). The van der Waals surface area contributed by atoms with E-state index in [4.69, 9.17) is 0 Å². The molecule has 3 heterocycles. The summed E-state index contributed by atoms with van der Waals surface area (Å²) in [4.78, 5) is 34.1. The first-order valence-electron chi connectivity index (χ1n) is 11.3. The molecule has 0 aliphatic carbocycles. The molecule has 168 valence electrons. The number of rotatable bonds is 5. The highest BCUT2D eigenvalue weighted by Crippen LogP contribution is 2.28. The molecule has 0 spiro atoms. The van der Waals surface area contributed by atoms with E-state index in [0.29, 0.717) is 27.2 Å². The number of aryl methyl sites for hydroxylation is 1. The van der Waals surface area contributed by atoms with Crippen molar-refractivity contribution in [2.24, 2.45) is 0 Å². The van der Waals surface area contributed by atoms with E-state index in [9.17, 15) is 9.59 Å². The van der Waals surface area contributed by atoms with Crippen molar-refractivity contribution < 1.29 is 4.79 Å². The largest absolute Gasteiger partial charge is 0.372 e. The molecule has 2 aromatic carbocycles. The van der Waals surface area contributed by atoms with Crippen molar-refractivity contribution in [1.29, 1.82) is 0 Å². The molecule has 6 nitrogen and oxygen atoms in total. The molecule has 1 aliphatic heterocycles. The summed E-state index contributed by atoms with van der Waals surface area (Å²) in [7, 11) is 0. The van der Waals surface area contributed by atoms with E-state index in [1.54, 1.807) is 10.9 Å². The molecule has 0 saturated carbocycles. The third-order valence-corrected chi connectivity index (χ3v) is 7.36. The molecule has 1 fully saturated rings. The predicted octanol–water partition coefficient (Wildman–Crippen LogP) is 5.06. The van der Waals surface area contributed by atoms with Crippen molar-refractivity contribution in [2.75, 3.05) is 23.3 Å². The number of carbonyl (C=O) groups is 1. The Labute approximate surface area is 196 Å². The average molecular weight is 459 g/mol. The topological polar surface area (TPSA) is 67.2 Å². The summed E-state index contributed by atoms with van der Waals surface area (Å²) >= 11 is 1.26. The Morgan fingerprint density at radius 3 is 2.48 bits per heavy atom. The van der Waals surface area contributed by atoms with E-state index < -0.39 is 0 Å². The van der Waals surface area contributed by atoms with Crippen LogP contribution < -0.4 is 15.8 Å². The van der Waals surface area contributed by atoms with Crippen molar-refractivity contribution in [3.63, 3.8) is 0 Å². The zero-order valence-corrected chi connectivity index (χ0v) is 19.4. The summed E-state index contributed by atoms with van der Waals surface area (Å²) in [6.07, 6.45) is 5.32. The number of hydrogen-bond acceptors (Lipinski definition) is 5. The SMILES string of the molecule is Cc1c(C(=O)Nc2ccc(N3CCCCC3)cc2)sc2ncn(Cc3ccccc3)c(=O)c12. The normalized spacial score (nSPS) is 13.9. The fourth-order valence-electron chi connectivity index (χ4n) is 4.36. The zero-order valence-electron chi connectivity index (χ0n) is 18.6. The number of nitrogens with zero attached hydrogens (tertiary/aromatic N) is 3. The summed E-state index contributed by atoms with van der Waals surface area (Å²) in [6.45, 7) is 4.44. The molecule has 5 rings (SSSR count). The summed E-state index contributed by atoms with van der Waals surface area (Å²) in [5.74, 6) is -0.213.